The van der Waals surface area contributed by atoms with E-state index in [-0.39, 0.29) is 11.3 Å². The molecular formula is C22H33N3O4. The van der Waals surface area contributed by atoms with E-state index in [1.807, 2.05) is 18.2 Å². The molecule has 0 radical (unpaired) electrons. The second-order valence-corrected chi connectivity index (χ2v) is 8.39. The smallest absolute Gasteiger partial charge is 0.417 e. The number of likely N-dealkylation sites (tertiary alicyclic amines) is 1. The number of rotatable bonds is 6. The van der Waals surface area contributed by atoms with Gasteiger partial charge in [-0.15, -0.1) is 0 Å². The molecule has 2 heterocycles. The molecule has 3 aliphatic rings. The number of piperidine rings is 1. The molecule has 7 nitrogen and oxygen atoms in total. The molecule has 1 saturated heterocycles. The van der Waals surface area contributed by atoms with Gasteiger partial charge in [-0.3, -0.25) is 9.69 Å². The Labute approximate surface area is 173 Å². The van der Waals surface area contributed by atoms with Crippen LogP contribution in [0.5, 0.6) is 0 Å². The highest BCUT2D eigenvalue weighted by Crippen LogP contribution is 2.39. The van der Waals surface area contributed by atoms with Crippen LogP contribution in [-0.4, -0.2) is 60.8 Å². The first-order valence-corrected chi connectivity index (χ1v) is 10.5. The number of ether oxygens (including phenoxy) is 2. The largest absolute Gasteiger partial charge is 0.449 e. The van der Waals surface area contributed by atoms with Gasteiger partial charge in [0.2, 0.25) is 0 Å². The second-order valence-electron chi connectivity index (χ2n) is 8.39. The minimum Gasteiger partial charge on any atom is -0.449 e. The Morgan fingerprint density at radius 1 is 1.17 bits per heavy atom. The van der Waals surface area contributed by atoms with Crippen molar-refractivity contribution in [1.29, 1.82) is 0 Å². The van der Waals surface area contributed by atoms with E-state index in [4.69, 9.17) is 9.47 Å². The number of allylic oxidation sites excluding steroid dienone is 3. The summed E-state index contributed by atoms with van der Waals surface area (Å²) in [4.78, 5) is 28.4. The Kier molecular flexibility index (Phi) is 6.67. The third kappa shape index (κ3) is 4.83. The molecule has 29 heavy (non-hydrogen) atoms. The van der Waals surface area contributed by atoms with E-state index < -0.39 is 11.7 Å². The Hall–Kier alpha value is -2.28. The molecular weight excluding hydrogens is 370 g/mol. The molecule has 2 aliphatic heterocycles. The topological polar surface area (TPSA) is 71.1 Å². The van der Waals surface area contributed by atoms with Crippen LogP contribution in [0.25, 0.3) is 0 Å². The summed E-state index contributed by atoms with van der Waals surface area (Å²) in [5.41, 5.74) is 0.483. The van der Waals surface area contributed by atoms with Crippen LogP contribution < -0.4 is 5.32 Å². The van der Waals surface area contributed by atoms with Crippen LogP contribution in [0.1, 0.15) is 46.0 Å². The average Bonchev–Trinajstić information content (AvgIpc) is 2.97. The molecule has 2 fully saturated rings. The summed E-state index contributed by atoms with van der Waals surface area (Å²) in [6, 6.07) is 0. The molecule has 0 aromatic heterocycles. The van der Waals surface area contributed by atoms with Crippen molar-refractivity contribution in [2.24, 2.45) is 5.41 Å². The van der Waals surface area contributed by atoms with E-state index in [2.05, 4.69) is 17.1 Å². The summed E-state index contributed by atoms with van der Waals surface area (Å²) in [5.74, 6) is 0.00606. The summed E-state index contributed by atoms with van der Waals surface area (Å²) < 4.78 is 10.8. The molecule has 1 saturated carbocycles. The Balaban J connectivity index is 1.56. The van der Waals surface area contributed by atoms with Crippen molar-refractivity contribution in [2.75, 3.05) is 33.4 Å². The predicted octanol–water partition coefficient (Wildman–Crippen LogP) is 3.16. The molecule has 0 bridgehead atoms. The van der Waals surface area contributed by atoms with E-state index in [9.17, 15) is 9.59 Å². The van der Waals surface area contributed by atoms with Gasteiger partial charge in [0.1, 0.15) is 5.60 Å². The van der Waals surface area contributed by atoms with Gasteiger partial charge in [-0.25, -0.2) is 4.79 Å². The van der Waals surface area contributed by atoms with Crippen LogP contribution in [0.4, 0.5) is 4.79 Å². The summed E-state index contributed by atoms with van der Waals surface area (Å²) in [6.07, 6.45) is 13.5. The van der Waals surface area contributed by atoms with Crippen molar-refractivity contribution in [2.45, 2.75) is 51.6 Å². The van der Waals surface area contributed by atoms with Crippen molar-refractivity contribution in [1.82, 2.24) is 15.1 Å². The lowest BCUT2D eigenvalue weighted by atomic mass is 9.70. The minimum absolute atomic E-state index is 0.00606. The van der Waals surface area contributed by atoms with Crippen LogP contribution >= 0.6 is 0 Å². The summed E-state index contributed by atoms with van der Waals surface area (Å²) in [7, 11) is 1.63. The first kappa shape index (κ1) is 21.4. The van der Waals surface area contributed by atoms with Crippen LogP contribution in [0, 0.1) is 5.41 Å². The van der Waals surface area contributed by atoms with Gasteiger partial charge in [0.15, 0.2) is 0 Å². The zero-order valence-electron chi connectivity index (χ0n) is 17.8. The number of nitrogens with zero attached hydrogens (tertiary/aromatic N) is 2. The molecule has 160 valence electrons. The molecule has 0 atom stereocenters. The van der Waals surface area contributed by atoms with Crippen LogP contribution in [0.2, 0.25) is 0 Å². The fourth-order valence-corrected chi connectivity index (χ4v) is 4.09. The molecule has 1 N–H and O–H groups in total. The van der Waals surface area contributed by atoms with Gasteiger partial charge in [-0.05, 0) is 43.4 Å². The normalized spacial score (nSPS) is 22.4. The lowest BCUT2D eigenvalue weighted by Crippen LogP contribution is -2.56. The lowest BCUT2D eigenvalue weighted by molar-refractivity contribution is -0.149. The highest BCUT2D eigenvalue weighted by atomic mass is 16.6. The summed E-state index contributed by atoms with van der Waals surface area (Å²) >= 11 is 0. The fourth-order valence-electron chi connectivity index (χ4n) is 4.09. The van der Waals surface area contributed by atoms with Gasteiger partial charge in [-0.2, -0.15) is 0 Å². The van der Waals surface area contributed by atoms with E-state index in [0.29, 0.717) is 32.5 Å². The first-order valence-electron chi connectivity index (χ1n) is 10.5. The second kappa shape index (κ2) is 9.03. The number of nitrogens with one attached hydrogen (secondary N) is 1. The van der Waals surface area contributed by atoms with Crippen molar-refractivity contribution in [3.8, 4) is 0 Å². The molecule has 0 aromatic carbocycles. The van der Waals surface area contributed by atoms with Gasteiger partial charge in [0, 0.05) is 57.7 Å². The highest BCUT2D eigenvalue weighted by Gasteiger charge is 2.43. The first-order chi connectivity index (χ1) is 13.9. The van der Waals surface area contributed by atoms with Crippen molar-refractivity contribution >= 4 is 12.0 Å². The third-order valence-electron chi connectivity index (χ3n) is 6.38. The maximum absolute atomic E-state index is 12.9. The zero-order valence-corrected chi connectivity index (χ0v) is 17.8. The summed E-state index contributed by atoms with van der Waals surface area (Å²) in [5, 5.41) is 3.14. The third-order valence-corrected chi connectivity index (χ3v) is 6.38. The summed E-state index contributed by atoms with van der Waals surface area (Å²) in [6.45, 7) is 6.50. The number of carbonyl (C=O) groups is 2. The quantitative estimate of drug-likeness (QED) is 0.738. The molecule has 1 aliphatic carbocycles. The molecule has 0 spiro atoms. The maximum Gasteiger partial charge on any atom is 0.417 e. The lowest BCUT2D eigenvalue weighted by Gasteiger charge is -2.43. The van der Waals surface area contributed by atoms with Gasteiger partial charge in [0.25, 0.3) is 5.91 Å². The van der Waals surface area contributed by atoms with Crippen LogP contribution in [-0.2, 0) is 14.3 Å². The number of amides is 2. The number of carbonyl (C=O) groups excluding carboxylic acids is 2. The Morgan fingerprint density at radius 3 is 2.48 bits per heavy atom. The van der Waals surface area contributed by atoms with Crippen LogP contribution in [0.15, 0.2) is 36.3 Å². The number of hydrogen-bond donors (Lipinski definition) is 1. The Morgan fingerprint density at radius 2 is 1.90 bits per heavy atom. The van der Waals surface area contributed by atoms with Crippen LogP contribution in [0.3, 0.4) is 0 Å². The van der Waals surface area contributed by atoms with Crippen molar-refractivity contribution < 1.29 is 19.1 Å². The van der Waals surface area contributed by atoms with Gasteiger partial charge >= 0.3 is 6.09 Å². The van der Waals surface area contributed by atoms with Gasteiger partial charge in [-0.1, -0.05) is 13.3 Å². The van der Waals surface area contributed by atoms with E-state index >= 15 is 0 Å². The SMILES string of the molecule is CCOC(=O)N1C=CC=C(N2CCC(OC)(C(=O)NCC3(C)CCC3)CC2)C=C1. The average molecular weight is 404 g/mol. The Bertz CT molecular complexity index is 701. The van der Waals surface area contributed by atoms with Gasteiger partial charge < -0.3 is 19.7 Å². The maximum atomic E-state index is 12.9. The highest BCUT2D eigenvalue weighted by molar-refractivity contribution is 5.85. The monoisotopic (exact) mass is 403 g/mol. The fraction of sp³-hybridized carbons (Fsp3) is 0.636. The standard InChI is InChI=1S/C22H33N3O4/c1-4-29-20(27)25-13-5-7-18(8-14-25)24-15-11-22(28-3,12-16-24)19(26)23-17-21(2)9-6-10-21/h5,7-8,13-14H,4,6,9-12,15-17H2,1-3H3,(H,23,26). The molecule has 2 amide bonds. The molecule has 3 rings (SSSR count). The van der Waals surface area contributed by atoms with E-state index in [0.717, 1.165) is 12.2 Å². The minimum atomic E-state index is -0.765. The number of hydrogen-bond acceptors (Lipinski definition) is 5. The molecule has 0 unspecified atom stereocenters. The van der Waals surface area contributed by atoms with E-state index in [1.165, 1.54) is 24.2 Å². The zero-order chi connectivity index (χ0) is 20.9. The van der Waals surface area contributed by atoms with Crippen molar-refractivity contribution in [3.63, 3.8) is 0 Å². The van der Waals surface area contributed by atoms with Gasteiger partial charge in [0.05, 0.1) is 6.61 Å². The predicted molar refractivity (Wildman–Crippen MR) is 111 cm³/mol. The van der Waals surface area contributed by atoms with Crippen molar-refractivity contribution in [3.05, 3.63) is 36.3 Å². The van der Waals surface area contributed by atoms with E-state index in [1.54, 1.807) is 26.4 Å². The molecule has 0 aromatic rings. The number of methoxy groups -OCH3 is 1. The molecule has 7 heteroatoms.